The molecular weight excluding hydrogens is 308 g/mol. The van der Waals surface area contributed by atoms with Crippen molar-refractivity contribution >= 4 is 32.8 Å². The number of hydrogen-bond donors (Lipinski definition) is 3. The van der Waals surface area contributed by atoms with Crippen LogP contribution in [0.5, 0.6) is 5.75 Å². The Bertz CT molecular complexity index is 770. The number of aromatic nitrogens is 1. The van der Waals surface area contributed by atoms with E-state index in [9.17, 15) is 0 Å². The molecule has 6 heteroatoms. The van der Waals surface area contributed by atoms with Gasteiger partial charge in [-0.3, -0.25) is 0 Å². The molecule has 0 aliphatic rings. The number of nitrogens with zero attached hydrogens (tertiary/aromatic N) is 1. The van der Waals surface area contributed by atoms with Gasteiger partial charge in [0.15, 0.2) is 5.13 Å². The highest BCUT2D eigenvalue weighted by Crippen LogP contribution is 2.29. The van der Waals surface area contributed by atoms with E-state index in [1.165, 1.54) is 5.56 Å². The number of anilines is 4. The van der Waals surface area contributed by atoms with Crippen LogP contribution < -0.4 is 21.1 Å². The molecule has 0 amide bonds. The van der Waals surface area contributed by atoms with Crippen LogP contribution in [-0.2, 0) is 6.54 Å². The second-order valence-electron chi connectivity index (χ2n) is 4.94. The Kier molecular flexibility index (Phi) is 4.63. The maximum atomic E-state index is 5.93. The predicted molar refractivity (Wildman–Crippen MR) is 96.6 cm³/mol. The van der Waals surface area contributed by atoms with E-state index in [-0.39, 0.29) is 0 Å². The number of para-hydroxylation sites is 2. The molecule has 0 spiro atoms. The summed E-state index contributed by atoms with van der Waals surface area (Å²) < 4.78 is 5.15. The third kappa shape index (κ3) is 3.92. The van der Waals surface area contributed by atoms with Crippen LogP contribution in [0.4, 0.5) is 21.5 Å². The predicted octanol–water partition coefficient (Wildman–Crippen LogP) is 4.09. The summed E-state index contributed by atoms with van der Waals surface area (Å²) >= 11 is 1.55. The number of nitrogens with one attached hydrogen (secondary N) is 2. The monoisotopic (exact) mass is 326 g/mol. The molecule has 5 nitrogen and oxygen atoms in total. The molecule has 3 rings (SSSR count). The Morgan fingerprint density at radius 2 is 1.91 bits per heavy atom. The van der Waals surface area contributed by atoms with Gasteiger partial charge in [0.2, 0.25) is 0 Å². The van der Waals surface area contributed by atoms with Crippen LogP contribution in [-0.4, -0.2) is 12.1 Å². The van der Waals surface area contributed by atoms with E-state index in [1.54, 1.807) is 24.6 Å². The lowest BCUT2D eigenvalue weighted by atomic mass is 10.2. The van der Waals surface area contributed by atoms with Crippen LogP contribution in [0.15, 0.2) is 54.7 Å². The molecule has 1 heterocycles. The fourth-order valence-corrected chi connectivity index (χ4v) is 2.80. The van der Waals surface area contributed by atoms with Gasteiger partial charge in [-0.2, -0.15) is 0 Å². The summed E-state index contributed by atoms with van der Waals surface area (Å²) in [6.07, 6.45) is 1.80. The van der Waals surface area contributed by atoms with Gasteiger partial charge in [-0.25, -0.2) is 4.98 Å². The number of benzene rings is 2. The second-order valence-corrected chi connectivity index (χ2v) is 5.97. The minimum Gasteiger partial charge on any atom is -0.497 e. The molecular formula is C17H18N4OS. The number of ether oxygens (including phenoxy) is 1. The van der Waals surface area contributed by atoms with Crippen molar-refractivity contribution in [1.29, 1.82) is 0 Å². The molecule has 0 aliphatic heterocycles. The fourth-order valence-electron chi connectivity index (χ4n) is 2.08. The molecule has 0 radical (unpaired) electrons. The van der Waals surface area contributed by atoms with Gasteiger partial charge in [-0.05, 0) is 29.8 Å². The summed E-state index contributed by atoms with van der Waals surface area (Å²) in [5.74, 6) is 0.856. The van der Waals surface area contributed by atoms with Crippen molar-refractivity contribution in [1.82, 2.24) is 4.98 Å². The van der Waals surface area contributed by atoms with Crippen LogP contribution in [0.3, 0.4) is 0 Å². The lowest BCUT2D eigenvalue weighted by Gasteiger charge is -2.06. The molecule has 0 aliphatic carbocycles. The maximum absolute atomic E-state index is 5.93. The van der Waals surface area contributed by atoms with Gasteiger partial charge in [-0.15, -0.1) is 0 Å². The molecule has 4 N–H and O–H groups in total. The maximum Gasteiger partial charge on any atom is 0.184 e. The van der Waals surface area contributed by atoms with Gasteiger partial charge in [0.1, 0.15) is 10.8 Å². The molecule has 3 aromatic rings. The van der Waals surface area contributed by atoms with Crippen molar-refractivity contribution < 1.29 is 4.74 Å². The van der Waals surface area contributed by atoms with E-state index >= 15 is 0 Å². The van der Waals surface area contributed by atoms with Gasteiger partial charge in [-0.1, -0.05) is 35.6 Å². The first-order chi connectivity index (χ1) is 11.2. The number of rotatable bonds is 6. The minimum atomic E-state index is 0.713. The molecule has 0 unspecified atom stereocenters. The van der Waals surface area contributed by atoms with Gasteiger partial charge in [0.25, 0.3) is 0 Å². The van der Waals surface area contributed by atoms with E-state index in [4.69, 9.17) is 10.5 Å². The Balaban J connectivity index is 1.59. The third-order valence-corrected chi connectivity index (χ3v) is 4.20. The second kappa shape index (κ2) is 7.02. The molecule has 1 aromatic heterocycles. The highest BCUT2D eigenvalue weighted by atomic mass is 32.1. The molecule has 0 atom stereocenters. The average molecular weight is 326 g/mol. The quantitative estimate of drug-likeness (QED) is 0.595. The summed E-state index contributed by atoms with van der Waals surface area (Å²) in [6.45, 7) is 0.713. The minimum absolute atomic E-state index is 0.713. The Hall–Kier alpha value is -2.73. The van der Waals surface area contributed by atoms with Gasteiger partial charge >= 0.3 is 0 Å². The first kappa shape index (κ1) is 15.2. The smallest absolute Gasteiger partial charge is 0.184 e. The Labute approximate surface area is 139 Å². The van der Waals surface area contributed by atoms with Crippen molar-refractivity contribution in [2.24, 2.45) is 0 Å². The van der Waals surface area contributed by atoms with Crippen molar-refractivity contribution in [3.63, 3.8) is 0 Å². The van der Waals surface area contributed by atoms with Gasteiger partial charge in [0.05, 0.1) is 24.7 Å². The molecule has 0 saturated carbocycles. The van der Waals surface area contributed by atoms with Crippen LogP contribution >= 0.6 is 11.3 Å². The summed E-state index contributed by atoms with van der Waals surface area (Å²) in [5, 5.41) is 8.40. The molecule has 0 fully saturated rings. The Morgan fingerprint density at radius 1 is 1.13 bits per heavy atom. The van der Waals surface area contributed by atoms with Crippen molar-refractivity contribution in [2.45, 2.75) is 6.54 Å². The number of nitrogen functional groups attached to an aromatic ring is 1. The highest BCUT2D eigenvalue weighted by Gasteiger charge is 2.04. The fraction of sp³-hybridized carbons (Fsp3) is 0.118. The molecule has 118 valence electrons. The molecule has 0 bridgehead atoms. The van der Waals surface area contributed by atoms with E-state index in [2.05, 4.69) is 15.6 Å². The highest BCUT2D eigenvalue weighted by molar-refractivity contribution is 7.19. The lowest BCUT2D eigenvalue weighted by molar-refractivity contribution is 0.414. The number of thiazole rings is 1. The number of nitrogens with two attached hydrogens (primary N) is 1. The summed E-state index contributed by atoms with van der Waals surface area (Å²) in [7, 11) is 1.66. The molecule has 0 saturated heterocycles. The number of methoxy groups -OCH3 is 1. The largest absolute Gasteiger partial charge is 0.497 e. The van der Waals surface area contributed by atoms with Crippen molar-refractivity contribution in [3.8, 4) is 5.75 Å². The first-order valence-electron chi connectivity index (χ1n) is 7.19. The third-order valence-electron chi connectivity index (χ3n) is 3.33. The van der Waals surface area contributed by atoms with Crippen molar-refractivity contribution in [2.75, 3.05) is 23.5 Å². The zero-order valence-corrected chi connectivity index (χ0v) is 13.6. The zero-order chi connectivity index (χ0) is 16.1. The lowest BCUT2D eigenvalue weighted by Crippen LogP contribution is -1.98. The van der Waals surface area contributed by atoms with Crippen LogP contribution in [0.2, 0.25) is 0 Å². The SMILES string of the molecule is COc1ccc(CNc2ncc(Nc3ccccc3N)s2)cc1. The summed E-state index contributed by atoms with van der Waals surface area (Å²) in [5.41, 5.74) is 8.70. The van der Waals surface area contributed by atoms with E-state index in [0.29, 0.717) is 12.2 Å². The van der Waals surface area contributed by atoms with Crippen molar-refractivity contribution in [3.05, 3.63) is 60.3 Å². The number of hydrogen-bond acceptors (Lipinski definition) is 6. The molecule has 23 heavy (non-hydrogen) atoms. The first-order valence-corrected chi connectivity index (χ1v) is 8.00. The van der Waals surface area contributed by atoms with E-state index < -0.39 is 0 Å². The topological polar surface area (TPSA) is 72.2 Å². The standard InChI is InChI=1S/C17H18N4OS/c1-22-13-8-6-12(7-9-13)10-19-17-20-11-16(23-17)21-15-5-3-2-4-14(15)18/h2-9,11,21H,10,18H2,1H3,(H,19,20). The van der Waals surface area contributed by atoms with Crippen LogP contribution in [0.25, 0.3) is 0 Å². The summed E-state index contributed by atoms with van der Waals surface area (Å²) in [6, 6.07) is 15.6. The Morgan fingerprint density at radius 3 is 2.65 bits per heavy atom. The van der Waals surface area contributed by atoms with Gasteiger partial charge < -0.3 is 21.1 Å². The summed E-state index contributed by atoms with van der Waals surface area (Å²) in [4.78, 5) is 4.37. The van der Waals surface area contributed by atoms with E-state index in [1.807, 2.05) is 48.5 Å². The molecule has 2 aromatic carbocycles. The van der Waals surface area contributed by atoms with Gasteiger partial charge in [0, 0.05) is 6.54 Å². The van der Waals surface area contributed by atoms with E-state index in [0.717, 1.165) is 21.6 Å². The van der Waals surface area contributed by atoms with Crippen LogP contribution in [0.1, 0.15) is 5.56 Å². The zero-order valence-electron chi connectivity index (χ0n) is 12.7. The average Bonchev–Trinajstić information content (AvgIpc) is 3.03. The van der Waals surface area contributed by atoms with Crippen LogP contribution in [0, 0.1) is 0 Å². The normalized spacial score (nSPS) is 10.3.